The van der Waals surface area contributed by atoms with Crippen molar-refractivity contribution >= 4 is 9.84 Å². The molecule has 0 heterocycles. The minimum absolute atomic E-state index is 0.208. The molecule has 0 aliphatic carbocycles. The summed E-state index contributed by atoms with van der Waals surface area (Å²) in [5, 5.41) is 0. The van der Waals surface area contributed by atoms with E-state index in [2.05, 4.69) is 0 Å². The molecule has 14 heavy (non-hydrogen) atoms. The molecule has 1 aromatic carbocycles. The van der Waals surface area contributed by atoms with Gasteiger partial charge in [0.1, 0.15) is 0 Å². The second kappa shape index (κ2) is 4.60. The lowest BCUT2D eigenvalue weighted by molar-refractivity contribution is 0.593. The third-order valence-electron chi connectivity index (χ3n) is 1.97. The summed E-state index contributed by atoms with van der Waals surface area (Å²) in [6.45, 7) is 3.89. The van der Waals surface area contributed by atoms with Crippen molar-refractivity contribution in [1.82, 2.24) is 0 Å². The second-order valence-electron chi connectivity index (χ2n) is 3.59. The number of rotatable bonds is 4. The lowest BCUT2D eigenvalue weighted by Crippen LogP contribution is -2.08. The van der Waals surface area contributed by atoms with Crippen molar-refractivity contribution in [1.29, 1.82) is 0 Å². The van der Waals surface area contributed by atoms with E-state index in [-0.39, 0.29) is 5.75 Å². The molecule has 1 aromatic rings. The van der Waals surface area contributed by atoms with Crippen LogP contribution in [-0.2, 0) is 9.84 Å². The molecule has 77 valence electrons. The zero-order valence-corrected chi connectivity index (χ0v) is 9.34. The first kappa shape index (κ1) is 11.2. The summed E-state index contributed by atoms with van der Waals surface area (Å²) in [5.74, 6) is 1.35. The van der Waals surface area contributed by atoms with Gasteiger partial charge in [-0.2, -0.15) is 0 Å². The minimum atomic E-state index is -3.08. The number of hydrogen-bond acceptors (Lipinski definition) is 2. The van der Waals surface area contributed by atoms with Crippen LogP contribution in [0.25, 0.3) is 0 Å². The first-order valence-electron chi connectivity index (χ1n) is 4.59. The fraction of sp³-hybridized carbons (Fsp3) is 0.364. The largest absolute Gasteiger partial charge is 0.224 e. The quantitative estimate of drug-likeness (QED) is 0.766. The first-order chi connectivity index (χ1) is 6.52. The number of sulfone groups is 1. The van der Waals surface area contributed by atoms with Gasteiger partial charge >= 0.3 is 0 Å². The van der Waals surface area contributed by atoms with Crippen LogP contribution in [0.3, 0.4) is 0 Å². The van der Waals surface area contributed by atoms with Crippen LogP contribution in [0.2, 0.25) is 0 Å². The summed E-state index contributed by atoms with van der Waals surface area (Å²) < 4.78 is 23.4. The van der Waals surface area contributed by atoms with E-state index in [0.717, 1.165) is 5.92 Å². The molecule has 0 unspecified atom stereocenters. The zero-order valence-electron chi connectivity index (χ0n) is 8.53. The standard InChI is InChI=1S/C11H15O2S/c1-10(2)8-9-14(12,13)11-6-4-3-5-7-11/h3-7H,8-9H2,1-2H3. The molecule has 0 aromatic heterocycles. The zero-order chi connectivity index (χ0) is 10.6. The van der Waals surface area contributed by atoms with Gasteiger partial charge in [-0.25, -0.2) is 8.42 Å². The van der Waals surface area contributed by atoms with Crippen molar-refractivity contribution in [2.45, 2.75) is 25.2 Å². The normalized spacial score (nSPS) is 11.9. The maximum atomic E-state index is 11.7. The van der Waals surface area contributed by atoms with Crippen LogP contribution < -0.4 is 0 Å². The van der Waals surface area contributed by atoms with Crippen LogP contribution >= 0.6 is 0 Å². The summed E-state index contributed by atoms with van der Waals surface area (Å²) in [5.41, 5.74) is 0. The Kier molecular flexibility index (Phi) is 3.69. The first-order valence-corrected chi connectivity index (χ1v) is 6.24. The monoisotopic (exact) mass is 211 g/mol. The molecule has 1 radical (unpaired) electrons. The summed E-state index contributed by atoms with van der Waals surface area (Å²) in [6, 6.07) is 8.58. The van der Waals surface area contributed by atoms with E-state index in [9.17, 15) is 8.42 Å². The van der Waals surface area contributed by atoms with Gasteiger partial charge in [0.15, 0.2) is 9.84 Å². The van der Waals surface area contributed by atoms with Crippen molar-refractivity contribution in [3.63, 3.8) is 0 Å². The minimum Gasteiger partial charge on any atom is -0.224 e. The van der Waals surface area contributed by atoms with Gasteiger partial charge in [0.05, 0.1) is 10.6 Å². The number of benzene rings is 1. The van der Waals surface area contributed by atoms with Gasteiger partial charge in [-0.15, -0.1) is 0 Å². The molecule has 0 saturated heterocycles. The third kappa shape index (κ3) is 3.14. The van der Waals surface area contributed by atoms with Crippen molar-refractivity contribution in [3.8, 4) is 0 Å². The molecule has 0 fully saturated rings. The topological polar surface area (TPSA) is 34.1 Å². The molecule has 0 atom stereocenters. The summed E-state index contributed by atoms with van der Waals surface area (Å²) in [6.07, 6.45) is 0.636. The van der Waals surface area contributed by atoms with Crippen LogP contribution in [0.4, 0.5) is 0 Å². The molecule has 0 aliphatic rings. The van der Waals surface area contributed by atoms with E-state index in [4.69, 9.17) is 0 Å². The van der Waals surface area contributed by atoms with E-state index >= 15 is 0 Å². The second-order valence-corrected chi connectivity index (χ2v) is 5.70. The highest BCUT2D eigenvalue weighted by atomic mass is 32.2. The molecular formula is C11H15O2S. The highest BCUT2D eigenvalue weighted by Crippen LogP contribution is 2.14. The Morgan fingerprint density at radius 1 is 1.14 bits per heavy atom. The maximum absolute atomic E-state index is 11.7. The van der Waals surface area contributed by atoms with Crippen molar-refractivity contribution in [2.75, 3.05) is 5.75 Å². The van der Waals surface area contributed by atoms with E-state index in [1.165, 1.54) is 0 Å². The van der Waals surface area contributed by atoms with Crippen molar-refractivity contribution in [2.24, 2.45) is 0 Å². The fourth-order valence-corrected chi connectivity index (χ4v) is 2.57. The van der Waals surface area contributed by atoms with Crippen LogP contribution in [0.1, 0.15) is 20.3 Å². The smallest absolute Gasteiger partial charge is 0.178 e. The van der Waals surface area contributed by atoms with Gasteiger partial charge in [0.25, 0.3) is 0 Å². The van der Waals surface area contributed by atoms with Gasteiger partial charge in [-0.05, 0) is 24.5 Å². The predicted octanol–water partition coefficient (Wildman–Crippen LogP) is 2.46. The lowest BCUT2D eigenvalue weighted by Gasteiger charge is -2.05. The molecule has 0 aliphatic heterocycles. The molecule has 3 heteroatoms. The third-order valence-corrected chi connectivity index (χ3v) is 3.71. The van der Waals surface area contributed by atoms with Gasteiger partial charge in [-0.3, -0.25) is 0 Å². The Morgan fingerprint density at radius 2 is 1.71 bits per heavy atom. The maximum Gasteiger partial charge on any atom is 0.178 e. The molecule has 1 rings (SSSR count). The molecular weight excluding hydrogens is 196 g/mol. The summed E-state index contributed by atoms with van der Waals surface area (Å²) >= 11 is 0. The van der Waals surface area contributed by atoms with E-state index in [0.29, 0.717) is 11.3 Å². The van der Waals surface area contributed by atoms with E-state index < -0.39 is 9.84 Å². The highest BCUT2D eigenvalue weighted by molar-refractivity contribution is 7.91. The summed E-state index contributed by atoms with van der Waals surface area (Å²) in [4.78, 5) is 0.418. The van der Waals surface area contributed by atoms with Gasteiger partial charge in [0.2, 0.25) is 0 Å². The number of hydrogen-bond donors (Lipinski definition) is 0. The van der Waals surface area contributed by atoms with Crippen LogP contribution in [0.15, 0.2) is 35.2 Å². The molecule has 0 amide bonds. The molecule has 0 bridgehead atoms. The van der Waals surface area contributed by atoms with E-state index in [1.54, 1.807) is 24.3 Å². The predicted molar refractivity (Wildman–Crippen MR) is 57.7 cm³/mol. The molecule has 2 nitrogen and oxygen atoms in total. The molecule has 0 spiro atoms. The molecule has 0 N–H and O–H groups in total. The summed E-state index contributed by atoms with van der Waals surface area (Å²) in [7, 11) is -3.08. The Balaban J connectivity index is 2.77. The van der Waals surface area contributed by atoms with Crippen LogP contribution in [0.5, 0.6) is 0 Å². The Labute approximate surface area is 85.9 Å². The Bertz CT molecular complexity index is 366. The highest BCUT2D eigenvalue weighted by Gasteiger charge is 2.13. The van der Waals surface area contributed by atoms with Gasteiger partial charge in [0, 0.05) is 0 Å². The van der Waals surface area contributed by atoms with Crippen LogP contribution in [0, 0.1) is 5.92 Å². The van der Waals surface area contributed by atoms with Crippen molar-refractivity contribution in [3.05, 3.63) is 36.2 Å². The van der Waals surface area contributed by atoms with Gasteiger partial charge < -0.3 is 0 Å². The average molecular weight is 211 g/mol. The van der Waals surface area contributed by atoms with Crippen LogP contribution in [-0.4, -0.2) is 14.2 Å². The fourth-order valence-electron chi connectivity index (χ4n) is 1.08. The molecule has 0 saturated carbocycles. The van der Waals surface area contributed by atoms with Gasteiger partial charge in [-0.1, -0.05) is 32.0 Å². The lowest BCUT2D eigenvalue weighted by atomic mass is 10.2. The Hall–Kier alpha value is -0.830. The Morgan fingerprint density at radius 3 is 2.21 bits per heavy atom. The van der Waals surface area contributed by atoms with Crippen molar-refractivity contribution < 1.29 is 8.42 Å². The SMILES string of the molecule is C[C](C)CCS(=O)(=O)c1ccccc1. The average Bonchev–Trinajstić information content (AvgIpc) is 2.16. The van der Waals surface area contributed by atoms with E-state index in [1.807, 2.05) is 19.9 Å².